The van der Waals surface area contributed by atoms with Crippen LogP contribution >= 0.6 is 64.8 Å². The molecule has 124 valence electrons. The SMILES string of the molecule is [Cl][Bi]([Cl])([c]1ccc(Br)cc1)([c]1ccc(Br)cc1)[c]1ccc(Br)cc1. The van der Waals surface area contributed by atoms with E-state index in [9.17, 15) is 0 Å². The van der Waals surface area contributed by atoms with E-state index < -0.39 is 16.4 Å². The molecule has 0 aliphatic rings. The average Bonchev–Trinajstić information content (AvgIpc) is 2.56. The van der Waals surface area contributed by atoms with Crippen molar-refractivity contribution in [2.24, 2.45) is 0 Å². The van der Waals surface area contributed by atoms with Gasteiger partial charge in [0.1, 0.15) is 0 Å². The first kappa shape index (κ1) is 19.3. The fourth-order valence-corrected chi connectivity index (χ4v) is 20.6. The van der Waals surface area contributed by atoms with Crippen LogP contribution in [0.4, 0.5) is 0 Å². The van der Waals surface area contributed by atoms with Crippen molar-refractivity contribution in [3.05, 3.63) is 86.2 Å². The molecule has 0 aliphatic heterocycles. The number of hydrogen-bond donors (Lipinski definition) is 0. The second kappa shape index (κ2) is 7.29. The third-order valence-electron chi connectivity index (χ3n) is 3.84. The summed E-state index contributed by atoms with van der Waals surface area (Å²) < 4.78 is 6.00. The predicted molar refractivity (Wildman–Crippen MR) is 119 cm³/mol. The minimum absolute atomic E-state index is 0.997. The molecular weight excluding hydrogens is 736 g/mol. The van der Waals surface area contributed by atoms with Crippen LogP contribution in [0.5, 0.6) is 0 Å². The third kappa shape index (κ3) is 3.52. The summed E-state index contributed by atoms with van der Waals surface area (Å²) >= 11 is 5.73. The minimum atomic E-state index is -4.73. The molecule has 0 spiro atoms. The summed E-state index contributed by atoms with van der Waals surface area (Å²) in [5.74, 6) is 0. The Labute approximate surface area is 175 Å². The Morgan fingerprint density at radius 1 is 0.458 bits per heavy atom. The molecule has 0 atom stereocenters. The van der Waals surface area contributed by atoms with Crippen molar-refractivity contribution < 1.29 is 0 Å². The van der Waals surface area contributed by atoms with Gasteiger partial charge in [-0.15, -0.1) is 0 Å². The van der Waals surface area contributed by atoms with Crippen LogP contribution in [0.25, 0.3) is 0 Å². The molecule has 6 heteroatoms. The molecule has 0 amide bonds. The third-order valence-corrected chi connectivity index (χ3v) is 29.8. The Morgan fingerprint density at radius 3 is 0.875 bits per heavy atom. The molecule has 3 rings (SSSR count). The predicted octanol–water partition coefficient (Wildman–Crippen LogP) is 5.87. The van der Waals surface area contributed by atoms with Crippen molar-refractivity contribution in [1.29, 1.82) is 0 Å². The summed E-state index contributed by atoms with van der Waals surface area (Å²) in [6.07, 6.45) is 0. The summed E-state index contributed by atoms with van der Waals surface area (Å²) in [7, 11) is 14.9. The molecule has 0 saturated carbocycles. The molecular formula is C18H12BiBr3Cl2. The van der Waals surface area contributed by atoms with Crippen LogP contribution in [0.15, 0.2) is 86.2 Å². The van der Waals surface area contributed by atoms with Gasteiger partial charge in [-0.05, 0) is 0 Å². The number of halogens is 5. The number of hydrogen-bond acceptors (Lipinski definition) is 0. The summed E-state index contributed by atoms with van der Waals surface area (Å²) in [4.78, 5) is 0. The van der Waals surface area contributed by atoms with Crippen molar-refractivity contribution in [3.63, 3.8) is 0 Å². The van der Waals surface area contributed by atoms with Gasteiger partial charge < -0.3 is 0 Å². The molecule has 0 heterocycles. The summed E-state index contributed by atoms with van der Waals surface area (Å²) in [5, 5.41) is 0. The van der Waals surface area contributed by atoms with Gasteiger partial charge in [0.15, 0.2) is 0 Å². The first-order valence-corrected chi connectivity index (χ1v) is 23.2. The normalized spacial score (nSPS) is 13.3. The Hall–Kier alpha value is 0.563. The van der Waals surface area contributed by atoms with E-state index in [2.05, 4.69) is 47.8 Å². The van der Waals surface area contributed by atoms with Crippen molar-refractivity contribution in [1.82, 2.24) is 0 Å². The van der Waals surface area contributed by atoms with E-state index in [-0.39, 0.29) is 0 Å². The second-order valence-corrected chi connectivity index (χ2v) is 34.5. The summed E-state index contributed by atoms with van der Waals surface area (Å²) in [5.41, 5.74) is 0. The molecule has 0 unspecified atom stereocenters. The van der Waals surface area contributed by atoms with Gasteiger partial charge in [0.25, 0.3) is 0 Å². The Kier molecular flexibility index (Phi) is 5.87. The van der Waals surface area contributed by atoms with Crippen LogP contribution in [-0.4, -0.2) is 16.4 Å². The van der Waals surface area contributed by atoms with Crippen LogP contribution in [0.2, 0.25) is 0 Å². The van der Waals surface area contributed by atoms with Crippen molar-refractivity contribution in [3.8, 4) is 0 Å². The van der Waals surface area contributed by atoms with E-state index in [1.165, 1.54) is 0 Å². The van der Waals surface area contributed by atoms with Crippen molar-refractivity contribution in [2.75, 3.05) is 0 Å². The van der Waals surface area contributed by atoms with Gasteiger partial charge in [-0.25, -0.2) is 0 Å². The van der Waals surface area contributed by atoms with E-state index in [0.717, 1.165) is 23.2 Å². The maximum absolute atomic E-state index is 7.46. The average molecular weight is 748 g/mol. The standard InChI is InChI=1S/3C6H4Br.Bi.2ClH/c3*7-6-4-2-1-3-5-6;;;/h3*2-5H;;2*1H/q;;;+2;;/p-2. The monoisotopic (exact) mass is 744 g/mol. The zero-order chi connectivity index (χ0) is 17.4. The van der Waals surface area contributed by atoms with Gasteiger partial charge in [0.2, 0.25) is 0 Å². The molecule has 0 N–H and O–H groups in total. The molecule has 0 aromatic heterocycles. The quantitative estimate of drug-likeness (QED) is 0.295. The molecule has 0 radical (unpaired) electrons. The molecule has 0 fully saturated rings. The molecule has 0 nitrogen and oxygen atoms in total. The van der Waals surface area contributed by atoms with Crippen LogP contribution < -0.4 is 9.81 Å². The van der Waals surface area contributed by atoms with Crippen molar-refractivity contribution >= 4 is 91.0 Å². The Balaban J connectivity index is 2.33. The van der Waals surface area contributed by atoms with Gasteiger partial charge in [-0.1, -0.05) is 0 Å². The zero-order valence-electron chi connectivity index (χ0n) is 12.3. The van der Waals surface area contributed by atoms with E-state index in [1.54, 1.807) is 0 Å². The van der Waals surface area contributed by atoms with Gasteiger partial charge in [0, 0.05) is 0 Å². The second-order valence-electron chi connectivity index (χ2n) is 5.34. The number of benzene rings is 3. The van der Waals surface area contributed by atoms with Crippen LogP contribution in [-0.2, 0) is 0 Å². The fourth-order valence-electron chi connectivity index (χ4n) is 2.56. The Morgan fingerprint density at radius 2 is 0.667 bits per heavy atom. The molecule has 0 saturated heterocycles. The van der Waals surface area contributed by atoms with E-state index in [4.69, 9.17) is 17.0 Å². The molecule has 0 aliphatic carbocycles. The van der Waals surface area contributed by atoms with Gasteiger partial charge in [0.05, 0.1) is 0 Å². The molecule has 3 aromatic rings. The van der Waals surface area contributed by atoms with Crippen molar-refractivity contribution in [2.45, 2.75) is 0 Å². The topological polar surface area (TPSA) is 0 Å². The zero-order valence-corrected chi connectivity index (χ0v) is 22.0. The van der Waals surface area contributed by atoms with Crippen LogP contribution in [0.1, 0.15) is 0 Å². The van der Waals surface area contributed by atoms with E-state index in [1.807, 2.05) is 72.8 Å². The molecule has 3 aromatic carbocycles. The Bertz CT molecular complexity index is 743. The van der Waals surface area contributed by atoms with Gasteiger partial charge in [-0.2, -0.15) is 0 Å². The molecule has 0 bridgehead atoms. The molecule has 24 heavy (non-hydrogen) atoms. The summed E-state index contributed by atoms with van der Waals surface area (Å²) in [6, 6.07) is 24.1. The fraction of sp³-hybridized carbons (Fsp3) is 0. The van der Waals surface area contributed by atoms with Crippen LogP contribution in [0, 0.1) is 0 Å². The van der Waals surface area contributed by atoms with Crippen LogP contribution in [0.3, 0.4) is 0 Å². The summed E-state index contributed by atoms with van der Waals surface area (Å²) in [6.45, 7) is 0. The van der Waals surface area contributed by atoms with E-state index in [0.29, 0.717) is 0 Å². The van der Waals surface area contributed by atoms with Gasteiger partial charge in [-0.3, -0.25) is 0 Å². The maximum atomic E-state index is 7.46. The first-order valence-electron chi connectivity index (χ1n) is 7.04. The van der Waals surface area contributed by atoms with Gasteiger partial charge >= 0.3 is 177 Å². The first-order chi connectivity index (χ1) is 11.3. The number of rotatable bonds is 3. The van der Waals surface area contributed by atoms with E-state index >= 15 is 0 Å².